The summed E-state index contributed by atoms with van der Waals surface area (Å²) in [7, 11) is 0. The molecule has 0 radical (unpaired) electrons. The summed E-state index contributed by atoms with van der Waals surface area (Å²) in [5.41, 5.74) is 0.951. The average Bonchev–Trinajstić information content (AvgIpc) is 2.71. The van der Waals surface area contributed by atoms with Crippen LogP contribution in [0.3, 0.4) is 0 Å². The maximum atomic E-state index is 12.8. The number of rotatable bonds is 4. The minimum atomic E-state index is -0.191. The highest BCUT2D eigenvalue weighted by atomic mass is 32.1. The molecule has 78 valence electrons. The van der Waals surface area contributed by atoms with Gasteiger partial charge in [-0.15, -0.1) is 11.3 Å². The van der Waals surface area contributed by atoms with E-state index in [-0.39, 0.29) is 5.82 Å². The molecule has 0 atom stereocenters. The normalized spacial score (nSPS) is 10.5. The molecule has 2 aromatic rings. The van der Waals surface area contributed by atoms with E-state index in [4.69, 9.17) is 0 Å². The van der Waals surface area contributed by atoms with Crippen molar-refractivity contribution in [1.29, 1.82) is 0 Å². The minimum Gasteiger partial charge on any atom is -0.306 e. The first-order chi connectivity index (χ1) is 7.34. The summed E-state index contributed by atoms with van der Waals surface area (Å²) in [6.07, 6.45) is 1.78. The van der Waals surface area contributed by atoms with E-state index in [1.165, 1.54) is 12.1 Å². The SMILES string of the molecule is Fc1cccc(CNCc2nccs2)c1. The van der Waals surface area contributed by atoms with Gasteiger partial charge in [-0.1, -0.05) is 12.1 Å². The highest BCUT2D eigenvalue weighted by Crippen LogP contribution is 2.05. The largest absolute Gasteiger partial charge is 0.306 e. The molecule has 15 heavy (non-hydrogen) atoms. The number of nitrogens with one attached hydrogen (secondary N) is 1. The van der Waals surface area contributed by atoms with Gasteiger partial charge in [0, 0.05) is 24.7 Å². The number of aromatic nitrogens is 1. The minimum absolute atomic E-state index is 0.191. The second-order valence-electron chi connectivity index (χ2n) is 3.16. The van der Waals surface area contributed by atoms with Gasteiger partial charge in [-0.05, 0) is 17.7 Å². The van der Waals surface area contributed by atoms with E-state index in [2.05, 4.69) is 10.3 Å². The molecular formula is C11H11FN2S. The van der Waals surface area contributed by atoms with Gasteiger partial charge in [0.2, 0.25) is 0 Å². The Labute approximate surface area is 91.8 Å². The van der Waals surface area contributed by atoms with Crippen molar-refractivity contribution in [2.24, 2.45) is 0 Å². The summed E-state index contributed by atoms with van der Waals surface area (Å²) in [5.74, 6) is -0.191. The standard InChI is InChI=1S/C11H11FN2S/c12-10-3-1-2-9(6-10)7-13-8-11-14-4-5-15-11/h1-6,13H,7-8H2. The third kappa shape index (κ3) is 3.11. The molecule has 2 nitrogen and oxygen atoms in total. The average molecular weight is 222 g/mol. The molecule has 0 saturated carbocycles. The van der Waals surface area contributed by atoms with E-state index in [9.17, 15) is 4.39 Å². The molecule has 0 aliphatic carbocycles. The molecular weight excluding hydrogens is 211 g/mol. The molecule has 0 aliphatic rings. The van der Waals surface area contributed by atoms with Gasteiger partial charge < -0.3 is 5.32 Å². The van der Waals surface area contributed by atoms with Crippen molar-refractivity contribution >= 4 is 11.3 Å². The molecule has 0 amide bonds. The van der Waals surface area contributed by atoms with Crippen LogP contribution in [0.2, 0.25) is 0 Å². The lowest BCUT2D eigenvalue weighted by Gasteiger charge is -2.02. The Hall–Kier alpha value is -1.26. The Kier molecular flexibility index (Phi) is 3.42. The van der Waals surface area contributed by atoms with Gasteiger partial charge in [0.15, 0.2) is 0 Å². The van der Waals surface area contributed by atoms with Crippen molar-refractivity contribution in [3.8, 4) is 0 Å². The van der Waals surface area contributed by atoms with Crippen molar-refractivity contribution < 1.29 is 4.39 Å². The molecule has 0 unspecified atom stereocenters. The van der Waals surface area contributed by atoms with Crippen LogP contribution < -0.4 is 5.32 Å². The number of benzene rings is 1. The first-order valence-corrected chi connectivity index (χ1v) is 5.56. The van der Waals surface area contributed by atoms with Crippen LogP contribution in [0.15, 0.2) is 35.8 Å². The fourth-order valence-corrected chi connectivity index (χ4v) is 1.89. The van der Waals surface area contributed by atoms with Gasteiger partial charge >= 0.3 is 0 Å². The Balaban J connectivity index is 1.83. The lowest BCUT2D eigenvalue weighted by Crippen LogP contribution is -2.12. The quantitative estimate of drug-likeness (QED) is 0.860. The smallest absolute Gasteiger partial charge is 0.123 e. The molecule has 1 heterocycles. The van der Waals surface area contributed by atoms with E-state index in [0.29, 0.717) is 6.54 Å². The summed E-state index contributed by atoms with van der Waals surface area (Å²) >= 11 is 1.61. The van der Waals surface area contributed by atoms with Gasteiger partial charge in [-0.3, -0.25) is 0 Å². The number of nitrogens with zero attached hydrogens (tertiary/aromatic N) is 1. The molecule has 1 aromatic carbocycles. The van der Waals surface area contributed by atoms with E-state index in [0.717, 1.165) is 17.1 Å². The summed E-state index contributed by atoms with van der Waals surface area (Å²) < 4.78 is 12.8. The zero-order chi connectivity index (χ0) is 10.5. The molecule has 4 heteroatoms. The Morgan fingerprint density at radius 3 is 3.00 bits per heavy atom. The summed E-state index contributed by atoms with van der Waals surface area (Å²) in [5, 5.41) is 6.20. The Morgan fingerprint density at radius 1 is 1.33 bits per heavy atom. The number of halogens is 1. The Bertz CT molecular complexity index is 414. The van der Waals surface area contributed by atoms with Gasteiger partial charge in [-0.2, -0.15) is 0 Å². The van der Waals surface area contributed by atoms with Crippen LogP contribution in [0.5, 0.6) is 0 Å². The van der Waals surface area contributed by atoms with Crippen LogP contribution in [0.1, 0.15) is 10.6 Å². The summed E-state index contributed by atoms with van der Waals surface area (Å²) in [4.78, 5) is 4.15. The first-order valence-electron chi connectivity index (χ1n) is 4.68. The summed E-state index contributed by atoms with van der Waals surface area (Å²) in [6.45, 7) is 1.39. The number of hydrogen-bond donors (Lipinski definition) is 1. The molecule has 2 rings (SSSR count). The van der Waals surface area contributed by atoms with Crippen LogP contribution in [-0.4, -0.2) is 4.98 Å². The molecule has 1 N–H and O–H groups in total. The number of thiazole rings is 1. The van der Waals surface area contributed by atoms with Crippen molar-refractivity contribution in [3.05, 3.63) is 52.2 Å². The monoisotopic (exact) mass is 222 g/mol. The van der Waals surface area contributed by atoms with E-state index >= 15 is 0 Å². The van der Waals surface area contributed by atoms with E-state index in [1.807, 2.05) is 11.4 Å². The third-order valence-corrected chi connectivity index (χ3v) is 2.76. The van der Waals surface area contributed by atoms with Gasteiger partial charge in [0.1, 0.15) is 10.8 Å². The second kappa shape index (κ2) is 5.00. The van der Waals surface area contributed by atoms with Crippen LogP contribution in [-0.2, 0) is 13.1 Å². The summed E-state index contributed by atoms with van der Waals surface area (Å²) in [6, 6.07) is 6.60. The van der Waals surface area contributed by atoms with Crippen LogP contribution in [0.4, 0.5) is 4.39 Å². The zero-order valence-corrected chi connectivity index (χ0v) is 8.93. The molecule has 0 aliphatic heterocycles. The van der Waals surface area contributed by atoms with Gasteiger partial charge in [0.25, 0.3) is 0 Å². The van der Waals surface area contributed by atoms with Crippen LogP contribution >= 0.6 is 11.3 Å². The first kappa shape index (κ1) is 10.3. The fourth-order valence-electron chi connectivity index (χ4n) is 1.30. The highest BCUT2D eigenvalue weighted by Gasteiger charge is 1.96. The number of hydrogen-bond acceptors (Lipinski definition) is 3. The van der Waals surface area contributed by atoms with Gasteiger partial charge in [0.05, 0.1) is 0 Å². The van der Waals surface area contributed by atoms with Gasteiger partial charge in [-0.25, -0.2) is 9.37 Å². The maximum absolute atomic E-state index is 12.8. The van der Waals surface area contributed by atoms with Crippen molar-refractivity contribution in [1.82, 2.24) is 10.3 Å². The van der Waals surface area contributed by atoms with Crippen molar-refractivity contribution in [2.45, 2.75) is 13.1 Å². The molecule has 0 bridgehead atoms. The van der Waals surface area contributed by atoms with E-state index < -0.39 is 0 Å². The lowest BCUT2D eigenvalue weighted by atomic mass is 10.2. The Morgan fingerprint density at radius 2 is 2.27 bits per heavy atom. The molecule has 1 aromatic heterocycles. The van der Waals surface area contributed by atoms with Crippen molar-refractivity contribution in [2.75, 3.05) is 0 Å². The maximum Gasteiger partial charge on any atom is 0.123 e. The molecule has 0 saturated heterocycles. The topological polar surface area (TPSA) is 24.9 Å². The molecule has 0 fully saturated rings. The van der Waals surface area contributed by atoms with Crippen molar-refractivity contribution in [3.63, 3.8) is 0 Å². The lowest BCUT2D eigenvalue weighted by molar-refractivity contribution is 0.620. The van der Waals surface area contributed by atoms with Crippen LogP contribution in [0, 0.1) is 5.82 Å². The van der Waals surface area contributed by atoms with Crippen LogP contribution in [0.25, 0.3) is 0 Å². The molecule has 0 spiro atoms. The predicted octanol–water partition coefficient (Wildman–Crippen LogP) is 2.57. The fraction of sp³-hybridized carbons (Fsp3) is 0.182. The van der Waals surface area contributed by atoms with E-state index in [1.54, 1.807) is 23.6 Å². The highest BCUT2D eigenvalue weighted by molar-refractivity contribution is 7.09. The third-order valence-electron chi connectivity index (χ3n) is 1.98. The zero-order valence-electron chi connectivity index (χ0n) is 8.11. The predicted molar refractivity (Wildman–Crippen MR) is 59.1 cm³/mol. The second-order valence-corrected chi connectivity index (χ2v) is 4.14.